The van der Waals surface area contributed by atoms with Crippen LogP contribution in [-0.2, 0) is 0 Å². The molecule has 3 aromatic rings. The van der Waals surface area contributed by atoms with Gasteiger partial charge in [-0.15, -0.1) is 0 Å². The molecule has 6 heteroatoms. The van der Waals surface area contributed by atoms with Gasteiger partial charge in [-0.3, -0.25) is 4.79 Å². The first kappa shape index (κ1) is 16.0. The lowest BCUT2D eigenvalue weighted by molar-refractivity contribution is 0.0789. The molecule has 1 aromatic heterocycles. The Bertz CT molecular complexity index is 930. The van der Waals surface area contributed by atoms with Crippen molar-refractivity contribution in [1.29, 1.82) is 5.26 Å². The average Bonchev–Trinajstić information content (AvgIpc) is 3.38. The van der Waals surface area contributed by atoms with E-state index >= 15 is 0 Å². The number of carbonyl (C=O) groups is 1. The zero-order valence-corrected chi connectivity index (χ0v) is 13.9. The Labute approximate surface area is 150 Å². The Hall–Kier alpha value is -3.46. The monoisotopic (exact) mass is 344 g/mol. The fourth-order valence-corrected chi connectivity index (χ4v) is 3.48. The summed E-state index contributed by atoms with van der Waals surface area (Å²) in [6, 6.07) is 18.9. The number of hydrogen-bond donors (Lipinski definition) is 0. The average molecular weight is 344 g/mol. The largest absolute Gasteiger partial charge is 0.343 e. The number of hydrogen-bond acceptors (Lipinski definition) is 5. The fourth-order valence-electron chi connectivity index (χ4n) is 3.48. The molecule has 0 bridgehead atoms. The molecule has 0 saturated carbocycles. The number of carbonyl (C=O) groups excluding carboxylic acids is 1. The molecule has 2 aromatic carbocycles. The van der Waals surface area contributed by atoms with E-state index in [2.05, 4.69) is 28.3 Å². The Morgan fingerprint density at radius 3 is 2.46 bits per heavy atom. The maximum absolute atomic E-state index is 12.9. The zero-order chi connectivity index (χ0) is 17.9. The maximum Gasteiger partial charge on any atom is 0.253 e. The topological polar surface area (TPSA) is 83.0 Å². The summed E-state index contributed by atoms with van der Waals surface area (Å²) in [6.45, 7) is 1.11. The summed E-state index contributed by atoms with van der Waals surface area (Å²) in [5.74, 6) is 0.657. The molecule has 4 rings (SSSR count). The summed E-state index contributed by atoms with van der Waals surface area (Å²) in [6.07, 6.45) is 1.32. The molecule has 2 unspecified atom stereocenters. The number of aromatic nitrogens is 2. The first-order valence-corrected chi connectivity index (χ1v) is 8.37. The summed E-state index contributed by atoms with van der Waals surface area (Å²) < 4.78 is 4.92. The normalized spacial score (nSPS) is 19.3. The number of nitriles is 1. The first-order valence-electron chi connectivity index (χ1n) is 8.37. The van der Waals surface area contributed by atoms with Crippen LogP contribution in [0.3, 0.4) is 0 Å². The van der Waals surface area contributed by atoms with E-state index in [0.717, 1.165) is 5.56 Å². The lowest BCUT2D eigenvalue weighted by Crippen LogP contribution is -2.28. The number of amides is 1. The minimum Gasteiger partial charge on any atom is -0.343 e. The Morgan fingerprint density at radius 2 is 1.81 bits per heavy atom. The number of nitrogens with zero attached hydrogens (tertiary/aromatic N) is 4. The van der Waals surface area contributed by atoms with E-state index < -0.39 is 0 Å². The molecule has 0 N–H and O–H groups in total. The predicted molar refractivity (Wildman–Crippen MR) is 93.3 cm³/mol. The van der Waals surface area contributed by atoms with Gasteiger partial charge >= 0.3 is 0 Å². The number of rotatable bonds is 3. The minimum absolute atomic E-state index is 0.0153. The molecule has 0 spiro atoms. The second-order valence-electron chi connectivity index (χ2n) is 6.31. The molecule has 1 fully saturated rings. The molecule has 6 nitrogen and oxygen atoms in total. The predicted octanol–water partition coefficient (Wildman–Crippen LogP) is 2.96. The van der Waals surface area contributed by atoms with E-state index in [0.29, 0.717) is 30.0 Å². The van der Waals surface area contributed by atoms with Gasteiger partial charge < -0.3 is 9.42 Å². The first-order chi connectivity index (χ1) is 12.8. The molecule has 0 radical (unpaired) electrons. The molecule has 1 amide bonds. The highest BCUT2D eigenvalue weighted by molar-refractivity contribution is 5.94. The van der Waals surface area contributed by atoms with E-state index in [4.69, 9.17) is 9.78 Å². The standard InChI is InChI=1S/C20H16N4O2/c21-10-14-6-8-16(9-7-14)20(25)24-11-17(15-4-2-1-3-5-15)18(12-24)19-22-13-26-23-19/h1-9,13,17-18H,11-12H2. The Balaban J connectivity index is 1.62. The molecule has 26 heavy (non-hydrogen) atoms. The van der Waals surface area contributed by atoms with E-state index in [1.165, 1.54) is 6.39 Å². The van der Waals surface area contributed by atoms with Gasteiger partial charge in [0.15, 0.2) is 5.82 Å². The summed E-state index contributed by atoms with van der Waals surface area (Å²) in [5, 5.41) is 12.9. The zero-order valence-electron chi connectivity index (χ0n) is 13.9. The van der Waals surface area contributed by atoms with Crippen molar-refractivity contribution in [3.63, 3.8) is 0 Å². The molecule has 1 aliphatic heterocycles. The van der Waals surface area contributed by atoms with Crippen molar-refractivity contribution in [2.24, 2.45) is 0 Å². The lowest BCUT2D eigenvalue weighted by atomic mass is 9.88. The van der Waals surface area contributed by atoms with Crippen molar-refractivity contribution in [3.05, 3.63) is 83.5 Å². The van der Waals surface area contributed by atoms with Crippen LogP contribution in [0.25, 0.3) is 0 Å². The van der Waals surface area contributed by atoms with Gasteiger partial charge in [0.25, 0.3) is 5.91 Å². The van der Waals surface area contributed by atoms with Gasteiger partial charge in [0, 0.05) is 30.5 Å². The van der Waals surface area contributed by atoms with Crippen molar-refractivity contribution >= 4 is 5.91 Å². The maximum atomic E-state index is 12.9. The van der Waals surface area contributed by atoms with Gasteiger partial charge in [-0.1, -0.05) is 35.5 Å². The summed E-state index contributed by atoms with van der Waals surface area (Å²) in [4.78, 5) is 18.9. The quantitative estimate of drug-likeness (QED) is 0.729. The molecule has 128 valence electrons. The molecule has 1 aliphatic rings. The summed E-state index contributed by atoms with van der Waals surface area (Å²) in [7, 11) is 0. The van der Waals surface area contributed by atoms with E-state index in [1.807, 2.05) is 23.1 Å². The van der Waals surface area contributed by atoms with Gasteiger partial charge in [0.1, 0.15) is 0 Å². The van der Waals surface area contributed by atoms with Crippen molar-refractivity contribution in [2.75, 3.05) is 13.1 Å². The van der Waals surface area contributed by atoms with Crippen LogP contribution in [0.4, 0.5) is 0 Å². The van der Waals surface area contributed by atoms with Gasteiger partial charge in [-0.05, 0) is 29.8 Å². The molecular formula is C20H16N4O2. The van der Waals surface area contributed by atoms with E-state index in [1.54, 1.807) is 24.3 Å². The van der Waals surface area contributed by atoms with Crippen LogP contribution in [0.2, 0.25) is 0 Å². The third-order valence-corrected chi connectivity index (χ3v) is 4.81. The summed E-state index contributed by atoms with van der Waals surface area (Å²) >= 11 is 0. The highest BCUT2D eigenvalue weighted by atomic mass is 16.5. The molecule has 2 heterocycles. The fraction of sp³-hybridized carbons (Fsp3) is 0.200. The van der Waals surface area contributed by atoms with Crippen molar-refractivity contribution in [1.82, 2.24) is 15.0 Å². The van der Waals surface area contributed by atoms with Gasteiger partial charge in [-0.2, -0.15) is 10.2 Å². The molecule has 2 atom stereocenters. The van der Waals surface area contributed by atoms with Crippen LogP contribution < -0.4 is 0 Å². The highest BCUT2D eigenvalue weighted by Gasteiger charge is 2.39. The third-order valence-electron chi connectivity index (χ3n) is 4.81. The third kappa shape index (κ3) is 2.95. The SMILES string of the molecule is N#Cc1ccc(C(=O)N2CC(c3ccccc3)C(c3ncon3)C2)cc1. The van der Waals surface area contributed by atoms with Gasteiger partial charge in [0.05, 0.1) is 11.6 Å². The van der Waals surface area contributed by atoms with Crippen molar-refractivity contribution in [3.8, 4) is 6.07 Å². The Morgan fingerprint density at radius 1 is 1.08 bits per heavy atom. The van der Waals surface area contributed by atoms with Crippen molar-refractivity contribution in [2.45, 2.75) is 11.8 Å². The number of likely N-dealkylation sites (tertiary alicyclic amines) is 1. The molecule has 0 aliphatic carbocycles. The van der Waals surface area contributed by atoms with Crippen molar-refractivity contribution < 1.29 is 9.32 Å². The van der Waals surface area contributed by atoms with E-state index in [-0.39, 0.29) is 17.7 Å². The second-order valence-corrected chi connectivity index (χ2v) is 6.31. The summed E-state index contributed by atoms with van der Waals surface area (Å²) in [5.41, 5.74) is 2.26. The van der Waals surface area contributed by atoms with Gasteiger partial charge in [-0.25, -0.2) is 0 Å². The van der Waals surface area contributed by atoms with E-state index in [9.17, 15) is 4.79 Å². The highest BCUT2D eigenvalue weighted by Crippen LogP contribution is 2.38. The smallest absolute Gasteiger partial charge is 0.253 e. The lowest BCUT2D eigenvalue weighted by Gasteiger charge is -2.16. The molecule has 1 saturated heterocycles. The molecular weight excluding hydrogens is 328 g/mol. The number of benzene rings is 2. The van der Waals surface area contributed by atoms with Crippen LogP contribution in [0.1, 0.15) is 39.1 Å². The van der Waals surface area contributed by atoms with Crippen LogP contribution >= 0.6 is 0 Å². The van der Waals surface area contributed by atoms with Crippen LogP contribution in [0.5, 0.6) is 0 Å². The van der Waals surface area contributed by atoms with Gasteiger partial charge in [0.2, 0.25) is 6.39 Å². The van der Waals surface area contributed by atoms with Crippen LogP contribution in [-0.4, -0.2) is 34.0 Å². The van der Waals surface area contributed by atoms with Crippen LogP contribution in [0, 0.1) is 11.3 Å². The Kier molecular flexibility index (Phi) is 4.20. The minimum atomic E-state index is -0.0542. The second kappa shape index (κ2) is 6.81. The van der Waals surface area contributed by atoms with Crippen LogP contribution in [0.15, 0.2) is 65.5 Å².